The minimum Gasteiger partial charge on any atom is -0.494 e. The molecule has 0 amide bonds. The van der Waals surface area contributed by atoms with Crippen LogP contribution in [-0.2, 0) is 6.42 Å². The van der Waals surface area contributed by atoms with Crippen LogP contribution in [0.15, 0.2) is 36.5 Å². The topological polar surface area (TPSA) is 40.2 Å². The Hall–Kier alpha value is -1.74. The van der Waals surface area contributed by atoms with Crippen molar-refractivity contribution >= 4 is 0 Å². The van der Waals surface area contributed by atoms with Crippen LogP contribution >= 0.6 is 0 Å². The highest BCUT2D eigenvalue weighted by Crippen LogP contribution is 2.30. The summed E-state index contributed by atoms with van der Waals surface area (Å²) in [4.78, 5) is 0. The molecule has 0 bridgehead atoms. The monoisotopic (exact) mass is 270 g/mol. The first-order valence-corrected chi connectivity index (χ1v) is 7.48. The molecule has 0 saturated heterocycles. The Morgan fingerprint density at radius 2 is 2.05 bits per heavy atom. The zero-order chi connectivity index (χ0) is 13.9. The second-order valence-corrected chi connectivity index (χ2v) is 5.43. The van der Waals surface area contributed by atoms with E-state index in [0.29, 0.717) is 0 Å². The van der Waals surface area contributed by atoms with Crippen LogP contribution in [0.4, 0.5) is 0 Å². The molecule has 2 N–H and O–H groups in total. The average Bonchev–Trinajstić information content (AvgIpc) is 2.91. The molecule has 2 aromatic rings. The van der Waals surface area contributed by atoms with Gasteiger partial charge >= 0.3 is 0 Å². The van der Waals surface area contributed by atoms with Crippen molar-refractivity contribution in [2.24, 2.45) is 5.73 Å². The molecule has 0 saturated carbocycles. The Bertz CT molecular complexity index is 571. The van der Waals surface area contributed by atoms with Gasteiger partial charge in [-0.05, 0) is 61.6 Å². The number of hydrogen-bond acceptors (Lipinski definition) is 2. The zero-order valence-corrected chi connectivity index (χ0v) is 12.0. The molecule has 1 aromatic heterocycles. The zero-order valence-electron chi connectivity index (χ0n) is 12.0. The highest BCUT2D eigenvalue weighted by Gasteiger charge is 2.20. The largest absolute Gasteiger partial charge is 0.494 e. The lowest BCUT2D eigenvalue weighted by Crippen LogP contribution is -2.17. The van der Waals surface area contributed by atoms with E-state index in [-0.39, 0.29) is 6.04 Å². The molecular weight excluding hydrogens is 248 g/mol. The summed E-state index contributed by atoms with van der Waals surface area (Å²) in [5.41, 5.74) is 10.0. The Morgan fingerprint density at radius 3 is 2.80 bits per heavy atom. The molecule has 3 rings (SSSR count). The Kier molecular flexibility index (Phi) is 3.79. The van der Waals surface area contributed by atoms with Crippen LogP contribution in [0.3, 0.4) is 0 Å². The van der Waals surface area contributed by atoms with E-state index in [2.05, 4.69) is 35.9 Å². The molecule has 3 nitrogen and oxygen atoms in total. The smallest absolute Gasteiger partial charge is 0.119 e. The maximum absolute atomic E-state index is 6.18. The van der Waals surface area contributed by atoms with Gasteiger partial charge in [0, 0.05) is 23.6 Å². The number of fused-ring (bicyclic) bond motifs is 1. The van der Waals surface area contributed by atoms with Crippen molar-refractivity contribution in [1.82, 2.24) is 4.57 Å². The highest BCUT2D eigenvalue weighted by atomic mass is 16.5. The fourth-order valence-corrected chi connectivity index (χ4v) is 2.89. The first-order chi connectivity index (χ1) is 9.79. The minimum absolute atomic E-state index is 0.201. The summed E-state index contributed by atoms with van der Waals surface area (Å²) in [6, 6.07) is 10.7. The summed E-state index contributed by atoms with van der Waals surface area (Å²) in [5, 5.41) is 0. The normalized spacial score (nSPS) is 17.8. The quantitative estimate of drug-likeness (QED) is 0.922. The highest BCUT2D eigenvalue weighted by molar-refractivity contribution is 5.42. The van der Waals surface area contributed by atoms with E-state index < -0.39 is 0 Å². The van der Waals surface area contributed by atoms with Crippen molar-refractivity contribution in [1.29, 1.82) is 0 Å². The van der Waals surface area contributed by atoms with Crippen molar-refractivity contribution in [3.05, 3.63) is 47.8 Å². The molecule has 1 heterocycles. The van der Waals surface area contributed by atoms with Gasteiger partial charge in [-0.25, -0.2) is 0 Å². The predicted octanol–water partition coefficient (Wildman–Crippen LogP) is 3.60. The van der Waals surface area contributed by atoms with Gasteiger partial charge in [-0.15, -0.1) is 0 Å². The number of ether oxygens (including phenoxy) is 1. The predicted molar refractivity (Wildman–Crippen MR) is 81.4 cm³/mol. The van der Waals surface area contributed by atoms with Crippen molar-refractivity contribution in [3.63, 3.8) is 0 Å². The third-order valence-electron chi connectivity index (χ3n) is 3.94. The van der Waals surface area contributed by atoms with Crippen molar-refractivity contribution in [3.8, 4) is 11.4 Å². The minimum atomic E-state index is 0.201. The third-order valence-corrected chi connectivity index (χ3v) is 3.94. The number of aromatic nitrogens is 1. The molecule has 3 heteroatoms. The maximum Gasteiger partial charge on any atom is 0.119 e. The summed E-state index contributed by atoms with van der Waals surface area (Å²) in [6.45, 7) is 2.89. The summed E-state index contributed by atoms with van der Waals surface area (Å²) in [5.74, 6) is 0.938. The SMILES string of the molecule is CCCOc1ccc(-n2ccc3c2CCCC3N)cc1. The van der Waals surface area contributed by atoms with Gasteiger partial charge < -0.3 is 15.0 Å². The second kappa shape index (κ2) is 5.71. The molecule has 20 heavy (non-hydrogen) atoms. The lowest BCUT2D eigenvalue weighted by atomic mass is 9.93. The van der Waals surface area contributed by atoms with E-state index >= 15 is 0 Å². The van der Waals surface area contributed by atoms with Gasteiger partial charge in [-0.3, -0.25) is 0 Å². The van der Waals surface area contributed by atoms with E-state index in [4.69, 9.17) is 10.5 Å². The van der Waals surface area contributed by atoms with Crippen LogP contribution in [0.5, 0.6) is 5.75 Å². The molecule has 0 fully saturated rings. The Labute approximate surface area is 120 Å². The van der Waals surface area contributed by atoms with E-state index in [1.54, 1.807) is 0 Å². The van der Waals surface area contributed by atoms with Crippen LogP contribution in [0, 0.1) is 0 Å². The third kappa shape index (κ3) is 2.46. The van der Waals surface area contributed by atoms with Gasteiger partial charge in [-0.2, -0.15) is 0 Å². The van der Waals surface area contributed by atoms with Crippen LogP contribution in [-0.4, -0.2) is 11.2 Å². The first-order valence-electron chi connectivity index (χ1n) is 7.48. The van der Waals surface area contributed by atoms with Crippen LogP contribution in [0.1, 0.15) is 43.5 Å². The summed E-state index contributed by atoms with van der Waals surface area (Å²) in [7, 11) is 0. The van der Waals surface area contributed by atoms with Crippen LogP contribution < -0.4 is 10.5 Å². The van der Waals surface area contributed by atoms with Gasteiger partial charge in [0.05, 0.1) is 6.61 Å². The van der Waals surface area contributed by atoms with Gasteiger partial charge in [0.1, 0.15) is 5.75 Å². The van der Waals surface area contributed by atoms with E-state index in [1.165, 1.54) is 23.4 Å². The van der Waals surface area contributed by atoms with E-state index in [0.717, 1.165) is 31.6 Å². The van der Waals surface area contributed by atoms with Crippen LogP contribution in [0.25, 0.3) is 5.69 Å². The number of nitrogens with zero attached hydrogens (tertiary/aromatic N) is 1. The fraction of sp³-hybridized carbons (Fsp3) is 0.412. The maximum atomic E-state index is 6.18. The van der Waals surface area contributed by atoms with Crippen molar-refractivity contribution < 1.29 is 4.74 Å². The van der Waals surface area contributed by atoms with E-state index in [1.807, 2.05) is 12.1 Å². The van der Waals surface area contributed by atoms with Gasteiger partial charge in [0.2, 0.25) is 0 Å². The van der Waals surface area contributed by atoms with Crippen molar-refractivity contribution in [2.45, 2.75) is 38.6 Å². The van der Waals surface area contributed by atoms with Gasteiger partial charge in [0.25, 0.3) is 0 Å². The summed E-state index contributed by atoms with van der Waals surface area (Å²) < 4.78 is 7.89. The fourth-order valence-electron chi connectivity index (χ4n) is 2.89. The number of hydrogen-bond donors (Lipinski definition) is 1. The van der Waals surface area contributed by atoms with E-state index in [9.17, 15) is 0 Å². The molecule has 0 aliphatic heterocycles. The van der Waals surface area contributed by atoms with Gasteiger partial charge in [-0.1, -0.05) is 6.92 Å². The summed E-state index contributed by atoms with van der Waals surface area (Å²) >= 11 is 0. The number of rotatable bonds is 4. The Morgan fingerprint density at radius 1 is 1.25 bits per heavy atom. The standard InChI is InChI=1S/C17H22N2O/c1-2-12-20-14-8-6-13(7-9-14)19-11-10-15-16(18)4-3-5-17(15)19/h6-11,16H,2-5,12,18H2,1H3. The Balaban J connectivity index is 1.86. The lowest BCUT2D eigenvalue weighted by molar-refractivity contribution is 0.317. The molecule has 1 aliphatic rings. The molecule has 1 unspecified atom stereocenters. The molecule has 0 spiro atoms. The van der Waals surface area contributed by atoms with Crippen LogP contribution in [0.2, 0.25) is 0 Å². The molecular formula is C17H22N2O. The molecule has 1 aliphatic carbocycles. The molecule has 0 radical (unpaired) electrons. The average molecular weight is 270 g/mol. The first kappa shape index (κ1) is 13.3. The second-order valence-electron chi connectivity index (χ2n) is 5.43. The van der Waals surface area contributed by atoms with Gasteiger partial charge in [0.15, 0.2) is 0 Å². The molecule has 1 atom stereocenters. The lowest BCUT2D eigenvalue weighted by Gasteiger charge is -2.21. The van der Waals surface area contributed by atoms with Crippen molar-refractivity contribution in [2.75, 3.05) is 6.61 Å². The molecule has 1 aromatic carbocycles. The number of nitrogens with two attached hydrogens (primary N) is 1. The summed E-state index contributed by atoms with van der Waals surface area (Å²) in [6.07, 6.45) is 6.56. The number of benzene rings is 1. The molecule has 106 valence electrons.